The summed E-state index contributed by atoms with van der Waals surface area (Å²) in [7, 11) is 0. The predicted octanol–water partition coefficient (Wildman–Crippen LogP) is 1.85. The molecule has 1 saturated heterocycles. The van der Waals surface area contributed by atoms with Gasteiger partial charge in [-0.3, -0.25) is 9.59 Å². The van der Waals surface area contributed by atoms with E-state index in [4.69, 9.17) is 6.42 Å². The summed E-state index contributed by atoms with van der Waals surface area (Å²) < 4.78 is 0. The molecule has 0 spiro atoms. The number of carbonyl (C=O) groups is 2. The molecule has 1 aliphatic heterocycles. The van der Waals surface area contributed by atoms with E-state index in [2.05, 4.69) is 11.2 Å². The highest BCUT2D eigenvalue weighted by molar-refractivity contribution is 6.17. The Kier molecular flexibility index (Phi) is 2.98. The number of amides is 1. The van der Waals surface area contributed by atoms with Gasteiger partial charge >= 0.3 is 0 Å². The van der Waals surface area contributed by atoms with Crippen molar-refractivity contribution in [1.82, 2.24) is 5.32 Å². The average molecular weight is 255 g/mol. The van der Waals surface area contributed by atoms with Gasteiger partial charge in [0.2, 0.25) is 5.91 Å². The third kappa shape index (κ3) is 2.04. The SMILES string of the molecule is C#Cc1cc(C)c(C2C(=O)NC(C)(C)C2=O)c(C)c1. The van der Waals surface area contributed by atoms with Gasteiger partial charge in [-0.05, 0) is 56.5 Å². The molecule has 1 aromatic carbocycles. The second-order valence-corrected chi connectivity index (χ2v) is 5.58. The van der Waals surface area contributed by atoms with Crippen molar-refractivity contribution in [2.75, 3.05) is 0 Å². The lowest BCUT2D eigenvalue weighted by Crippen LogP contribution is -2.39. The number of ketones is 1. The van der Waals surface area contributed by atoms with Crippen molar-refractivity contribution in [3.8, 4) is 12.3 Å². The minimum atomic E-state index is -0.800. The van der Waals surface area contributed by atoms with Crippen molar-refractivity contribution in [2.24, 2.45) is 0 Å². The fraction of sp³-hybridized carbons (Fsp3) is 0.375. The van der Waals surface area contributed by atoms with Gasteiger partial charge in [0.05, 0.1) is 5.54 Å². The third-order valence-electron chi connectivity index (χ3n) is 3.63. The summed E-state index contributed by atoms with van der Waals surface area (Å²) in [5, 5.41) is 2.75. The summed E-state index contributed by atoms with van der Waals surface area (Å²) >= 11 is 0. The number of Topliss-reactive ketones (excluding diaryl/α,β-unsaturated/α-hetero) is 1. The second kappa shape index (κ2) is 4.24. The van der Waals surface area contributed by atoms with E-state index in [0.29, 0.717) is 0 Å². The molecule has 1 aliphatic rings. The van der Waals surface area contributed by atoms with Crippen LogP contribution in [0.15, 0.2) is 12.1 Å². The van der Waals surface area contributed by atoms with Crippen molar-refractivity contribution in [1.29, 1.82) is 0 Å². The summed E-state index contributed by atoms with van der Waals surface area (Å²) in [5.41, 5.74) is 2.53. The van der Waals surface area contributed by atoms with Crippen LogP contribution in [0.4, 0.5) is 0 Å². The van der Waals surface area contributed by atoms with Gasteiger partial charge in [0.15, 0.2) is 5.78 Å². The van der Waals surface area contributed by atoms with Crippen LogP contribution in [0.25, 0.3) is 0 Å². The summed E-state index contributed by atoms with van der Waals surface area (Å²) in [6.45, 7) is 7.23. The molecule has 1 N–H and O–H groups in total. The Morgan fingerprint density at radius 1 is 1.21 bits per heavy atom. The minimum Gasteiger partial charge on any atom is -0.343 e. The Hall–Kier alpha value is -2.08. The van der Waals surface area contributed by atoms with Crippen molar-refractivity contribution in [3.63, 3.8) is 0 Å². The fourth-order valence-electron chi connectivity index (χ4n) is 2.70. The van der Waals surface area contributed by atoms with Gasteiger partial charge in [0.25, 0.3) is 0 Å². The summed E-state index contributed by atoms with van der Waals surface area (Å²) in [5.74, 6) is 1.55. The predicted molar refractivity (Wildman–Crippen MR) is 73.8 cm³/mol. The molecular formula is C16H17NO2. The van der Waals surface area contributed by atoms with E-state index < -0.39 is 11.5 Å². The smallest absolute Gasteiger partial charge is 0.235 e. The topological polar surface area (TPSA) is 46.2 Å². The highest BCUT2D eigenvalue weighted by Crippen LogP contribution is 2.33. The Morgan fingerprint density at radius 3 is 2.11 bits per heavy atom. The minimum absolute atomic E-state index is 0.0860. The Balaban J connectivity index is 2.58. The first-order valence-corrected chi connectivity index (χ1v) is 6.22. The first kappa shape index (κ1) is 13.4. The number of carbonyl (C=O) groups excluding carboxylic acids is 2. The molecular weight excluding hydrogens is 238 g/mol. The van der Waals surface area contributed by atoms with E-state index in [1.165, 1.54) is 0 Å². The van der Waals surface area contributed by atoms with Crippen molar-refractivity contribution < 1.29 is 9.59 Å². The van der Waals surface area contributed by atoms with Crippen molar-refractivity contribution in [2.45, 2.75) is 39.2 Å². The first-order chi connectivity index (χ1) is 8.77. The van der Waals surface area contributed by atoms with Gasteiger partial charge < -0.3 is 5.32 Å². The maximum atomic E-state index is 12.4. The van der Waals surface area contributed by atoms with E-state index >= 15 is 0 Å². The zero-order chi connectivity index (χ0) is 14.4. The molecule has 2 rings (SSSR count). The highest BCUT2D eigenvalue weighted by Gasteiger charge is 2.47. The number of hydrogen-bond acceptors (Lipinski definition) is 2. The normalized spacial score (nSPS) is 21.1. The number of hydrogen-bond donors (Lipinski definition) is 1. The molecule has 98 valence electrons. The Labute approximate surface area is 113 Å². The van der Waals surface area contributed by atoms with Gasteiger partial charge in [-0.1, -0.05) is 5.92 Å². The van der Waals surface area contributed by atoms with Crippen molar-refractivity contribution in [3.05, 3.63) is 34.4 Å². The van der Waals surface area contributed by atoms with Gasteiger partial charge in [-0.25, -0.2) is 0 Å². The number of aryl methyl sites for hydroxylation is 2. The lowest BCUT2D eigenvalue weighted by Gasteiger charge is -2.17. The Morgan fingerprint density at radius 2 is 1.74 bits per heavy atom. The Bertz CT molecular complexity index is 597. The average Bonchev–Trinajstić information content (AvgIpc) is 2.50. The molecule has 0 saturated carbocycles. The molecule has 1 atom stereocenters. The van der Waals surface area contributed by atoms with Crippen molar-refractivity contribution >= 4 is 11.7 Å². The molecule has 0 radical (unpaired) electrons. The number of terminal acetylenes is 1. The molecule has 1 amide bonds. The van der Waals surface area contributed by atoms with Crippen LogP contribution >= 0.6 is 0 Å². The molecule has 1 fully saturated rings. The molecule has 1 aromatic rings. The number of rotatable bonds is 1. The van der Waals surface area contributed by atoms with Crippen LogP contribution in [-0.2, 0) is 9.59 Å². The van der Waals surface area contributed by atoms with Gasteiger partial charge in [0, 0.05) is 5.56 Å². The second-order valence-electron chi connectivity index (χ2n) is 5.58. The standard InChI is InChI=1S/C16H17NO2/c1-6-11-7-9(2)12(10(3)8-11)13-14(18)16(4,5)17-15(13)19/h1,7-8,13H,2-5H3,(H,17,19). The molecule has 3 heteroatoms. The number of benzene rings is 1. The molecule has 0 aliphatic carbocycles. The monoisotopic (exact) mass is 255 g/mol. The quantitative estimate of drug-likeness (QED) is 0.615. The van der Waals surface area contributed by atoms with Gasteiger partial charge in [0.1, 0.15) is 5.92 Å². The number of nitrogens with one attached hydrogen (secondary N) is 1. The van der Waals surface area contributed by atoms with E-state index in [0.717, 1.165) is 22.3 Å². The molecule has 1 heterocycles. The fourth-order valence-corrected chi connectivity index (χ4v) is 2.70. The van der Waals surface area contributed by atoms with Crippen LogP contribution < -0.4 is 5.32 Å². The van der Waals surface area contributed by atoms with E-state index in [-0.39, 0.29) is 11.7 Å². The summed E-state index contributed by atoms with van der Waals surface area (Å²) in [4.78, 5) is 24.5. The van der Waals surface area contributed by atoms with Crippen LogP contribution in [-0.4, -0.2) is 17.2 Å². The van der Waals surface area contributed by atoms with Crippen LogP contribution in [0.2, 0.25) is 0 Å². The molecule has 1 unspecified atom stereocenters. The largest absolute Gasteiger partial charge is 0.343 e. The van der Waals surface area contributed by atoms with Gasteiger partial charge in [-0.2, -0.15) is 0 Å². The van der Waals surface area contributed by atoms with E-state index in [1.807, 2.05) is 26.0 Å². The lowest BCUT2D eigenvalue weighted by atomic mass is 9.84. The van der Waals surface area contributed by atoms with E-state index in [1.54, 1.807) is 13.8 Å². The summed E-state index contributed by atoms with van der Waals surface area (Å²) in [6.07, 6.45) is 5.39. The maximum Gasteiger partial charge on any atom is 0.235 e. The maximum absolute atomic E-state index is 12.4. The van der Waals surface area contributed by atoms with Gasteiger partial charge in [-0.15, -0.1) is 6.42 Å². The van der Waals surface area contributed by atoms with Crippen LogP contribution in [0, 0.1) is 26.2 Å². The molecule has 0 bridgehead atoms. The summed E-state index contributed by atoms with van der Waals surface area (Å²) in [6, 6.07) is 3.68. The van der Waals surface area contributed by atoms with E-state index in [9.17, 15) is 9.59 Å². The molecule has 19 heavy (non-hydrogen) atoms. The highest BCUT2D eigenvalue weighted by atomic mass is 16.2. The first-order valence-electron chi connectivity index (χ1n) is 6.22. The lowest BCUT2D eigenvalue weighted by molar-refractivity contribution is -0.125. The molecule has 3 nitrogen and oxygen atoms in total. The van der Waals surface area contributed by atoms with Crippen LogP contribution in [0.5, 0.6) is 0 Å². The zero-order valence-electron chi connectivity index (χ0n) is 11.6. The zero-order valence-corrected chi connectivity index (χ0v) is 11.6. The van der Waals surface area contributed by atoms with Crippen LogP contribution in [0.3, 0.4) is 0 Å². The third-order valence-corrected chi connectivity index (χ3v) is 3.63. The van der Waals surface area contributed by atoms with Crippen LogP contribution in [0.1, 0.15) is 42.0 Å². The molecule has 0 aromatic heterocycles.